The third-order valence-corrected chi connectivity index (χ3v) is 3.08. The zero-order chi connectivity index (χ0) is 11.6. The van der Waals surface area contributed by atoms with Gasteiger partial charge < -0.3 is 10.1 Å². The first-order valence-electron chi connectivity index (χ1n) is 5.58. The summed E-state index contributed by atoms with van der Waals surface area (Å²) in [5.41, 5.74) is 1.20. The number of nitrogens with zero attached hydrogens (tertiary/aromatic N) is 1. The summed E-state index contributed by atoms with van der Waals surface area (Å²) in [5, 5.41) is 3.34. The molecule has 16 heavy (non-hydrogen) atoms. The highest BCUT2D eigenvalue weighted by Crippen LogP contribution is 2.26. The molecule has 1 N–H and O–H groups in total. The predicted octanol–water partition coefficient (Wildman–Crippen LogP) is 1.97. The molecule has 2 rings (SSSR count). The number of benzene rings is 1. The fourth-order valence-electron chi connectivity index (χ4n) is 1.96. The normalized spacial score (nSPS) is 15.6. The highest BCUT2D eigenvalue weighted by atomic mass is 16.5. The summed E-state index contributed by atoms with van der Waals surface area (Å²) in [6.45, 7) is 6.21. The number of ether oxygens (including phenoxy) is 1. The zero-order valence-corrected chi connectivity index (χ0v) is 10.1. The lowest BCUT2D eigenvalue weighted by Crippen LogP contribution is -2.37. The van der Waals surface area contributed by atoms with Crippen LogP contribution in [-0.2, 0) is 5.41 Å². The van der Waals surface area contributed by atoms with Gasteiger partial charge in [-0.15, -0.1) is 0 Å². The summed E-state index contributed by atoms with van der Waals surface area (Å²) in [6, 6.07) is 8.18. The van der Waals surface area contributed by atoms with Crippen molar-refractivity contribution in [3.8, 4) is 5.75 Å². The molecule has 0 saturated carbocycles. The highest BCUT2D eigenvalue weighted by Gasteiger charge is 2.28. The van der Waals surface area contributed by atoms with Gasteiger partial charge in [0.1, 0.15) is 11.6 Å². The van der Waals surface area contributed by atoms with Crippen molar-refractivity contribution >= 4 is 5.84 Å². The second-order valence-electron chi connectivity index (χ2n) is 4.51. The summed E-state index contributed by atoms with van der Waals surface area (Å²) < 4.78 is 5.16. The molecule has 1 heterocycles. The number of amidine groups is 1. The average molecular weight is 218 g/mol. The van der Waals surface area contributed by atoms with E-state index in [0.29, 0.717) is 0 Å². The Hall–Kier alpha value is -1.51. The first-order chi connectivity index (χ1) is 7.64. The van der Waals surface area contributed by atoms with E-state index in [0.717, 1.165) is 24.7 Å². The maximum absolute atomic E-state index is 5.16. The third kappa shape index (κ3) is 1.90. The van der Waals surface area contributed by atoms with Crippen LogP contribution in [0.1, 0.15) is 19.4 Å². The minimum absolute atomic E-state index is 0.0528. The van der Waals surface area contributed by atoms with Crippen molar-refractivity contribution in [3.63, 3.8) is 0 Å². The molecule has 0 aliphatic carbocycles. The standard InChI is InChI=1S/C13H18N2O/c1-13(2,12-14-8-9-15-12)10-4-6-11(16-3)7-5-10/h4-7H,8-9H2,1-3H3,(H,14,15). The maximum Gasteiger partial charge on any atom is 0.118 e. The Bertz CT molecular complexity index is 393. The van der Waals surface area contributed by atoms with Gasteiger partial charge in [-0.2, -0.15) is 0 Å². The molecule has 1 aliphatic heterocycles. The molecule has 3 heteroatoms. The van der Waals surface area contributed by atoms with Gasteiger partial charge in [0.05, 0.1) is 13.7 Å². The Morgan fingerprint density at radius 2 is 1.94 bits per heavy atom. The van der Waals surface area contributed by atoms with Crippen molar-refractivity contribution in [1.29, 1.82) is 0 Å². The molecular formula is C13H18N2O. The van der Waals surface area contributed by atoms with Crippen LogP contribution in [0.15, 0.2) is 29.3 Å². The van der Waals surface area contributed by atoms with Crippen LogP contribution in [0.2, 0.25) is 0 Å². The van der Waals surface area contributed by atoms with Gasteiger partial charge in [-0.1, -0.05) is 12.1 Å². The number of hydrogen-bond acceptors (Lipinski definition) is 3. The van der Waals surface area contributed by atoms with Crippen LogP contribution in [0.4, 0.5) is 0 Å². The third-order valence-electron chi connectivity index (χ3n) is 3.08. The van der Waals surface area contributed by atoms with Crippen LogP contribution in [0, 0.1) is 0 Å². The Kier molecular flexibility index (Phi) is 2.86. The van der Waals surface area contributed by atoms with Crippen LogP contribution in [0.25, 0.3) is 0 Å². The summed E-state index contributed by atoms with van der Waals surface area (Å²) in [4.78, 5) is 4.50. The lowest BCUT2D eigenvalue weighted by molar-refractivity contribution is 0.414. The van der Waals surface area contributed by atoms with E-state index in [9.17, 15) is 0 Å². The van der Waals surface area contributed by atoms with Gasteiger partial charge in [-0.3, -0.25) is 4.99 Å². The lowest BCUT2D eigenvalue weighted by Gasteiger charge is -2.25. The topological polar surface area (TPSA) is 33.6 Å². The van der Waals surface area contributed by atoms with Gasteiger partial charge in [0.2, 0.25) is 0 Å². The van der Waals surface area contributed by atoms with E-state index in [-0.39, 0.29) is 5.41 Å². The van der Waals surface area contributed by atoms with E-state index >= 15 is 0 Å². The minimum Gasteiger partial charge on any atom is -0.497 e. The monoisotopic (exact) mass is 218 g/mol. The summed E-state index contributed by atoms with van der Waals surface area (Å²) in [5.74, 6) is 1.97. The molecule has 1 aromatic rings. The summed E-state index contributed by atoms with van der Waals surface area (Å²) in [7, 11) is 1.68. The first kappa shape index (κ1) is 11.0. The van der Waals surface area contributed by atoms with Crippen molar-refractivity contribution < 1.29 is 4.74 Å². The molecular weight excluding hydrogens is 200 g/mol. The second-order valence-corrected chi connectivity index (χ2v) is 4.51. The van der Waals surface area contributed by atoms with E-state index in [1.54, 1.807) is 7.11 Å². The van der Waals surface area contributed by atoms with Crippen LogP contribution >= 0.6 is 0 Å². The largest absolute Gasteiger partial charge is 0.497 e. The van der Waals surface area contributed by atoms with Gasteiger partial charge in [0.15, 0.2) is 0 Å². The molecule has 1 aliphatic rings. The molecule has 1 aromatic carbocycles. The van der Waals surface area contributed by atoms with Crippen molar-refractivity contribution in [2.24, 2.45) is 4.99 Å². The molecule has 0 fully saturated rings. The number of nitrogens with one attached hydrogen (secondary N) is 1. The molecule has 0 unspecified atom stereocenters. The van der Waals surface area contributed by atoms with Crippen molar-refractivity contribution in [1.82, 2.24) is 5.32 Å². The van der Waals surface area contributed by atoms with E-state index in [2.05, 4.69) is 36.3 Å². The SMILES string of the molecule is COc1ccc(C(C)(C)C2=NCCN2)cc1. The Balaban J connectivity index is 2.27. The van der Waals surface area contributed by atoms with Gasteiger partial charge in [-0.25, -0.2) is 0 Å². The first-order valence-corrected chi connectivity index (χ1v) is 5.58. The van der Waals surface area contributed by atoms with E-state index < -0.39 is 0 Å². The number of hydrogen-bond donors (Lipinski definition) is 1. The Morgan fingerprint density at radius 1 is 1.25 bits per heavy atom. The number of rotatable bonds is 3. The Labute approximate surface area is 96.5 Å². The van der Waals surface area contributed by atoms with E-state index in [4.69, 9.17) is 4.74 Å². The van der Waals surface area contributed by atoms with E-state index in [1.807, 2.05) is 12.1 Å². The van der Waals surface area contributed by atoms with Gasteiger partial charge >= 0.3 is 0 Å². The van der Waals surface area contributed by atoms with Crippen LogP contribution in [0.3, 0.4) is 0 Å². The number of aliphatic imine (C=N–C) groups is 1. The fraction of sp³-hybridized carbons (Fsp3) is 0.462. The molecule has 0 saturated heterocycles. The molecule has 0 amide bonds. The molecule has 0 spiro atoms. The number of methoxy groups -OCH3 is 1. The van der Waals surface area contributed by atoms with Crippen LogP contribution in [-0.4, -0.2) is 26.0 Å². The average Bonchev–Trinajstić information content (AvgIpc) is 2.83. The van der Waals surface area contributed by atoms with Crippen LogP contribution in [0.5, 0.6) is 5.75 Å². The molecule has 3 nitrogen and oxygen atoms in total. The van der Waals surface area contributed by atoms with Crippen molar-refractivity contribution in [2.75, 3.05) is 20.2 Å². The van der Waals surface area contributed by atoms with Gasteiger partial charge in [-0.05, 0) is 31.5 Å². The fourth-order valence-corrected chi connectivity index (χ4v) is 1.96. The lowest BCUT2D eigenvalue weighted by atomic mass is 9.83. The minimum atomic E-state index is -0.0528. The molecule has 0 atom stereocenters. The van der Waals surface area contributed by atoms with Gasteiger partial charge in [0.25, 0.3) is 0 Å². The second kappa shape index (κ2) is 4.16. The molecule has 0 radical (unpaired) electrons. The van der Waals surface area contributed by atoms with Crippen molar-refractivity contribution in [2.45, 2.75) is 19.3 Å². The Morgan fingerprint density at radius 3 is 2.44 bits per heavy atom. The molecule has 0 aromatic heterocycles. The smallest absolute Gasteiger partial charge is 0.118 e. The summed E-state index contributed by atoms with van der Waals surface area (Å²) >= 11 is 0. The van der Waals surface area contributed by atoms with Crippen LogP contribution < -0.4 is 10.1 Å². The summed E-state index contributed by atoms with van der Waals surface area (Å²) in [6.07, 6.45) is 0. The predicted molar refractivity (Wildman–Crippen MR) is 66.3 cm³/mol. The van der Waals surface area contributed by atoms with Crippen molar-refractivity contribution in [3.05, 3.63) is 29.8 Å². The quantitative estimate of drug-likeness (QED) is 0.841. The van der Waals surface area contributed by atoms with E-state index in [1.165, 1.54) is 5.56 Å². The molecule has 0 bridgehead atoms. The zero-order valence-electron chi connectivity index (χ0n) is 10.1. The highest BCUT2D eigenvalue weighted by molar-refractivity contribution is 5.93. The maximum atomic E-state index is 5.16. The van der Waals surface area contributed by atoms with Gasteiger partial charge in [0, 0.05) is 12.0 Å². The molecule has 86 valence electrons.